The molecule has 0 spiro atoms. The minimum Gasteiger partial charge on any atom is -0.381 e. The zero-order chi connectivity index (χ0) is 13.4. The van der Waals surface area contributed by atoms with E-state index in [0.717, 1.165) is 12.8 Å². The molecule has 0 atom stereocenters. The first-order valence-corrected chi connectivity index (χ1v) is 7.04. The molecule has 1 aliphatic rings. The predicted octanol–water partition coefficient (Wildman–Crippen LogP) is 4.19. The van der Waals surface area contributed by atoms with Crippen LogP contribution in [0.25, 0.3) is 0 Å². The van der Waals surface area contributed by atoms with Gasteiger partial charge < -0.3 is 5.32 Å². The summed E-state index contributed by atoms with van der Waals surface area (Å²) in [5.41, 5.74) is 8.38. The lowest BCUT2D eigenvalue weighted by molar-refractivity contribution is 0.772. The molecule has 0 aromatic heterocycles. The highest BCUT2D eigenvalue weighted by molar-refractivity contribution is 5.59. The molecule has 2 aromatic carbocycles. The van der Waals surface area contributed by atoms with E-state index in [1.54, 1.807) is 0 Å². The third kappa shape index (κ3) is 2.37. The lowest BCUT2D eigenvalue weighted by Gasteiger charge is -2.18. The topological polar surface area (TPSA) is 12.0 Å². The van der Waals surface area contributed by atoms with Crippen LogP contribution in [-0.4, -0.2) is 6.04 Å². The van der Waals surface area contributed by atoms with E-state index < -0.39 is 0 Å². The fourth-order valence-electron chi connectivity index (χ4n) is 3.27. The summed E-state index contributed by atoms with van der Waals surface area (Å²) in [5.74, 6) is 0. The van der Waals surface area contributed by atoms with Gasteiger partial charge in [-0.2, -0.15) is 0 Å². The van der Waals surface area contributed by atoms with Gasteiger partial charge in [0.25, 0.3) is 0 Å². The van der Waals surface area contributed by atoms with Crippen molar-refractivity contribution in [2.24, 2.45) is 0 Å². The Morgan fingerprint density at radius 1 is 0.895 bits per heavy atom. The van der Waals surface area contributed by atoms with E-state index in [9.17, 15) is 0 Å². The van der Waals surface area contributed by atoms with E-state index in [0.29, 0.717) is 6.04 Å². The molecular formula is C18H21N. The molecule has 1 nitrogen and oxygen atoms in total. The van der Waals surface area contributed by atoms with E-state index in [1.165, 1.54) is 33.5 Å². The van der Waals surface area contributed by atoms with Crippen molar-refractivity contribution in [1.82, 2.24) is 0 Å². The Labute approximate surface area is 115 Å². The fraction of sp³-hybridized carbons (Fsp3) is 0.333. The lowest BCUT2D eigenvalue weighted by Crippen LogP contribution is -2.20. The molecule has 1 aliphatic carbocycles. The standard InChI is InChI=1S/C18H21N/c1-12-8-13(2)18(14(3)9-12)19-17-10-15-6-4-5-7-16(15)11-17/h4-9,17,19H,10-11H2,1-3H3. The van der Waals surface area contributed by atoms with Crippen LogP contribution in [0.4, 0.5) is 5.69 Å². The van der Waals surface area contributed by atoms with Gasteiger partial charge in [-0.3, -0.25) is 0 Å². The Kier molecular flexibility index (Phi) is 3.06. The Morgan fingerprint density at radius 2 is 1.42 bits per heavy atom. The molecule has 0 saturated heterocycles. The maximum absolute atomic E-state index is 3.75. The molecule has 0 radical (unpaired) electrons. The Hall–Kier alpha value is -1.76. The number of hydrogen-bond acceptors (Lipinski definition) is 1. The molecule has 0 heterocycles. The quantitative estimate of drug-likeness (QED) is 0.844. The molecule has 2 aromatic rings. The second-order valence-electron chi connectivity index (χ2n) is 5.79. The number of anilines is 1. The second kappa shape index (κ2) is 4.73. The summed E-state index contributed by atoms with van der Waals surface area (Å²) in [7, 11) is 0. The van der Waals surface area contributed by atoms with E-state index in [4.69, 9.17) is 0 Å². The molecule has 0 fully saturated rings. The molecule has 1 N–H and O–H groups in total. The maximum atomic E-state index is 3.75. The maximum Gasteiger partial charge on any atom is 0.0402 e. The first-order chi connectivity index (χ1) is 9.13. The largest absolute Gasteiger partial charge is 0.381 e. The van der Waals surface area contributed by atoms with Crippen LogP contribution in [0.3, 0.4) is 0 Å². The molecule has 0 amide bonds. The fourth-order valence-corrected chi connectivity index (χ4v) is 3.27. The zero-order valence-corrected chi connectivity index (χ0v) is 12.0. The van der Waals surface area contributed by atoms with Crippen molar-refractivity contribution in [2.45, 2.75) is 39.7 Å². The molecule has 0 saturated carbocycles. The van der Waals surface area contributed by atoms with Crippen molar-refractivity contribution in [3.8, 4) is 0 Å². The van der Waals surface area contributed by atoms with E-state index in [1.807, 2.05) is 0 Å². The highest BCUT2D eigenvalue weighted by Gasteiger charge is 2.21. The van der Waals surface area contributed by atoms with Crippen LogP contribution in [0.15, 0.2) is 36.4 Å². The van der Waals surface area contributed by atoms with Gasteiger partial charge in [-0.05, 0) is 55.9 Å². The number of hydrogen-bond donors (Lipinski definition) is 1. The monoisotopic (exact) mass is 251 g/mol. The van der Waals surface area contributed by atoms with Crippen molar-refractivity contribution in [3.63, 3.8) is 0 Å². The molecule has 3 rings (SSSR count). The summed E-state index contributed by atoms with van der Waals surface area (Å²) in [6.45, 7) is 6.56. The Balaban J connectivity index is 1.82. The van der Waals surface area contributed by atoms with Crippen LogP contribution in [0.5, 0.6) is 0 Å². The Bertz CT molecular complexity index is 565. The molecule has 0 aliphatic heterocycles. The van der Waals surface area contributed by atoms with Gasteiger partial charge in [0.1, 0.15) is 0 Å². The van der Waals surface area contributed by atoms with Crippen LogP contribution < -0.4 is 5.32 Å². The van der Waals surface area contributed by atoms with Gasteiger partial charge in [-0.25, -0.2) is 0 Å². The summed E-state index contributed by atoms with van der Waals surface area (Å²) in [6, 6.07) is 13.9. The SMILES string of the molecule is Cc1cc(C)c(NC2Cc3ccccc3C2)c(C)c1. The molecule has 0 unspecified atom stereocenters. The first-order valence-electron chi connectivity index (χ1n) is 7.04. The van der Waals surface area contributed by atoms with Crippen LogP contribution in [0.1, 0.15) is 27.8 Å². The summed E-state index contributed by atoms with van der Waals surface area (Å²) in [4.78, 5) is 0. The van der Waals surface area contributed by atoms with Gasteiger partial charge >= 0.3 is 0 Å². The van der Waals surface area contributed by atoms with E-state index in [2.05, 4.69) is 62.5 Å². The van der Waals surface area contributed by atoms with Crippen molar-refractivity contribution in [3.05, 3.63) is 64.2 Å². The second-order valence-corrected chi connectivity index (χ2v) is 5.79. The third-order valence-electron chi connectivity index (χ3n) is 4.08. The number of nitrogens with one attached hydrogen (secondary N) is 1. The molecule has 1 heteroatoms. The highest BCUT2D eigenvalue weighted by Crippen LogP contribution is 2.28. The number of rotatable bonds is 2. The molecule has 0 bridgehead atoms. The van der Waals surface area contributed by atoms with Crippen molar-refractivity contribution in [2.75, 3.05) is 5.32 Å². The van der Waals surface area contributed by atoms with E-state index in [-0.39, 0.29) is 0 Å². The third-order valence-corrected chi connectivity index (χ3v) is 4.08. The van der Waals surface area contributed by atoms with Crippen molar-refractivity contribution in [1.29, 1.82) is 0 Å². The van der Waals surface area contributed by atoms with Crippen LogP contribution >= 0.6 is 0 Å². The summed E-state index contributed by atoms with van der Waals surface area (Å²) in [6.07, 6.45) is 2.28. The average molecular weight is 251 g/mol. The van der Waals surface area contributed by atoms with Gasteiger partial charge in [-0.15, -0.1) is 0 Å². The van der Waals surface area contributed by atoms with Gasteiger partial charge in [0.15, 0.2) is 0 Å². The van der Waals surface area contributed by atoms with Crippen LogP contribution in [-0.2, 0) is 12.8 Å². The van der Waals surface area contributed by atoms with Crippen molar-refractivity contribution >= 4 is 5.69 Å². The Morgan fingerprint density at radius 3 is 1.95 bits per heavy atom. The van der Waals surface area contributed by atoms with Gasteiger partial charge in [0.2, 0.25) is 0 Å². The smallest absolute Gasteiger partial charge is 0.0402 e. The minimum atomic E-state index is 0.539. The van der Waals surface area contributed by atoms with Crippen LogP contribution in [0.2, 0.25) is 0 Å². The predicted molar refractivity (Wildman–Crippen MR) is 81.9 cm³/mol. The molecule has 19 heavy (non-hydrogen) atoms. The van der Waals surface area contributed by atoms with E-state index >= 15 is 0 Å². The van der Waals surface area contributed by atoms with Crippen molar-refractivity contribution < 1.29 is 0 Å². The van der Waals surface area contributed by atoms with Gasteiger partial charge in [-0.1, -0.05) is 42.0 Å². The average Bonchev–Trinajstić information content (AvgIpc) is 2.76. The molecular weight excluding hydrogens is 230 g/mol. The summed E-state index contributed by atoms with van der Waals surface area (Å²) in [5, 5.41) is 3.75. The first kappa shape index (κ1) is 12.3. The number of aryl methyl sites for hydroxylation is 3. The van der Waals surface area contributed by atoms with Gasteiger partial charge in [0.05, 0.1) is 0 Å². The number of fused-ring (bicyclic) bond motifs is 1. The highest BCUT2D eigenvalue weighted by atomic mass is 14.9. The summed E-state index contributed by atoms with van der Waals surface area (Å²) >= 11 is 0. The number of benzene rings is 2. The molecule has 98 valence electrons. The van der Waals surface area contributed by atoms with Crippen LogP contribution in [0, 0.1) is 20.8 Å². The van der Waals surface area contributed by atoms with Gasteiger partial charge in [0, 0.05) is 11.7 Å². The zero-order valence-electron chi connectivity index (χ0n) is 12.0. The minimum absolute atomic E-state index is 0.539. The normalized spacial score (nSPS) is 14.5. The summed E-state index contributed by atoms with van der Waals surface area (Å²) < 4.78 is 0. The lowest BCUT2D eigenvalue weighted by atomic mass is 10.0.